The van der Waals surface area contributed by atoms with Crippen molar-refractivity contribution in [1.82, 2.24) is 0 Å². The van der Waals surface area contributed by atoms with Crippen LogP contribution >= 0.6 is 11.6 Å². The maximum Gasteiger partial charge on any atom is 0.417 e. The second kappa shape index (κ2) is 11.5. The molecule has 1 aromatic rings. The van der Waals surface area contributed by atoms with Crippen LogP contribution in [0.1, 0.15) is 69.4 Å². The molecule has 1 saturated carbocycles. The van der Waals surface area contributed by atoms with E-state index in [4.69, 9.17) is 16.3 Å². The molecule has 0 saturated heterocycles. The Hall–Kier alpha value is -1.82. The highest BCUT2D eigenvalue weighted by molar-refractivity contribution is 6.31. The molecule has 3 nitrogen and oxygen atoms in total. The summed E-state index contributed by atoms with van der Waals surface area (Å²) in [5, 5.41) is -0.323. The lowest BCUT2D eigenvalue weighted by Crippen LogP contribution is -2.13. The number of hydrogen-bond donors (Lipinski definition) is 0. The molecule has 2 unspecified atom stereocenters. The first-order valence-corrected chi connectivity index (χ1v) is 10.8. The summed E-state index contributed by atoms with van der Waals surface area (Å²) < 4.78 is 43.9. The van der Waals surface area contributed by atoms with Gasteiger partial charge in [0.1, 0.15) is 5.78 Å². The number of carbonyl (C=O) groups is 2. The highest BCUT2D eigenvalue weighted by Crippen LogP contribution is 2.37. The predicted molar refractivity (Wildman–Crippen MR) is 111 cm³/mol. The molecule has 30 heavy (non-hydrogen) atoms. The summed E-state index contributed by atoms with van der Waals surface area (Å²) in [4.78, 5) is 23.6. The molecule has 1 aliphatic carbocycles. The molecule has 0 spiro atoms. The van der Waals surface area contributed by atoms with E-state index in [0.717, 1.165) is 44.6 Å². The molecule has 1 aromatic carbocycles. The van der Waals surface area contributed by atoms with Crippen LogP contribution in [0.4, 0.5) is 13.2 Å². The van der Waals surface area contributed by atoms with Crippen LogP contribution in [0.15, 0.2) is 24.3 Å². The molecule has 1 aliphatic rings. The number of esters is 1. The number of unbranched alkanes of at least 4 members (excludes halogenated alkanes) is 3. The van der Waals surface area contributed by atoms with E-state index in [-0.39, 0.29) is 28.6 Å². The van der Waals surface area contributed by atoms with Crippen molar-refractivity contribution < 1.29 is 27.5 Å². The van der Waals surface area contributed by atoms with Crippen molar-refractivity contribution in [3.05, 3.63) is 40.4 Å². The van der Waals surface area contributed by atoms with Crippen LogP contribution in [0, 0.1) is 11.8 Å². The van der Waals surface area contributed by atoms with Gasteiger partial charge >= 0.3 is 12.1 Å². The fraction of sp³-hybridized carbons (Fsp3) is 0.565. The van der Waals surface area contributed by atoms with E-state index in [1.165, 1.54) is 6.07 Å². The lowest BCUT2D eigenvalue weighted by atomic mass is 9.89. The van der Waals surface area contributed by atoms with Gasteiger partial charge in [-0.25, -0.2) is 0 Å². The minimum atomic E-state index is -4.50. The Bertz CT molecular complexity index is 759. The summed E-state index contributed by atoms with van der Waals surface area (Å²) in [5.74, 6) is 0.00977. The van der Waals surface area contributed by atoms with Gasteiger partial charge in [0.25, 0.3) is 0 Å². The molecule has 0 aromatic heterocycles. The number of Topliss-reactive ketones (excluding diaryl/α,β-unsaturated/α-hetero) is 1. The van der Waals surface area contributed by atoms with E-state index < -0.39 is 11.7 Å². The smallest absolute Gasteiger partial charge is 0.417 e. The van der Waals surface area contributed by atoms with Gasteiger partial charge in [-0.2, -0.15) is 13.2 Å². The maximum atomic E-state index is 13.0. The minimum absolute atomic E-state index is 0.0436. The molecule has 0 bridgehead atoms. The third kappa shape index (κ3) is 7.46. The van der Waals surface area contributed by atoms with E-state index in [9.17, 15) is 22.8 Å². The van der Waals surface area contributed by atoms with Gasteiger partial charge in [0.15, 0.2) is 0 Å². The number of hydrogen-bond acceptors (Lipinski definition) is 3. The quantitative estimate of drug-likeness (QED) is 0.292. The van der Waals surface area contributed by atoms with E-state index in [1.807, 2.05) is 6.08 Å². The van der Waals surface area contributed by atoms with Gasteiger partial charge in [-0.15, -0.1) is 0 Å². The number of alkyl halides is 3. The van der Waals surface area contributed by atoms with E-state index >= 15 is 0 Å². The summed E-state index contributed by atoms with van der Waals surface area (Å²) in [6, 6.07) is 3.83. The summed E-state index contributed by atoms with van der Waals surface area (Å²) in [7, 11) is 0. The Morgan fingerprint density at radius 3 is 2.67 bits per heavy atom. The van der Waals surface area contributed by atoms with E-state index in [1.54, 1.807) is 19.1 Å². The van der Waals surface area contributed by atoms with Crippen molar-refractivity contribution in [3.63, 3.8) is 0 Å². The van der Waals surface area contributed by atoms with Gasteiger partial charge in [-0.1, -0.05) is 49.1 Å². The first kappa shape index (κ1) is 24.4. The van der Waals surface area contributed by atoms with Crippen molar-refractivity contribution in [3.8, 4) is 0 Å². The Morgan fingerprint density at radius 1 is 1.23 bits per heavy atom. The minimum Gasteiger partial charge on any atom is -0.466 e. The summed E-state index contributed by atoms with van der Waals surface area (Å²) in [6.45, 7) is 2.18. The molecule has 166 valence electrons. The lowest BCUT2D eigenvalue weighted by Gasteiger charge is -2.15. The van der Waals surface area contributed by atoms with Gasteiger partial charge in [0.2, 0.25) is 0 Å². The Labute approximate surface area is 180 Å². The van der Waals surface area contributed by atoms with Crippen LogP contribution < -0.4 is 0 Å². The van der Waals surface area contributed by atoms with Crippen LogP contribution in [0.2, 0.25) is 5.02 Å². The second-order valence-corrected chi connectivity index (χ2v) is 8.04. The van der Waals surface area contributed by atoms with Gasteiger partial charge in [-0.05, 0) is 49.8 Å². The first-order valence-electron chi connectivity index (χ1n) is 10.5. The van der Waals surface area contributed by atoms with Crippen molar-refractivity contribution in [2.45, 2.75) is 64.5 Å². The Balaban J connectivity index is 1.86. The standard InChI is InChI=1S/C23H28ClF3O3/c1-2-30-22(29)8-6-4-3-5-7-18-17(12-14-21(18)28)11-9-16-10-13-20(24)19(15-16)23(25,26)27/h9-11,13,15,17-18H,2-8,12,14H2,1H3/b11-9+. The molecule has 0 N–H and O–H groups in total. The van der Waals surface area contributed by atoms with Crippen LogP contribution in [0.5, 0.6) is 0 Å². The maximum absolute atomic E-state index is 13.0. The van der Waals surface area contributed by atoms with Gasteiger partial charge in [0.05, 0.1) is 17.2 Å². The highest BCUT2D eigenvalue weighted by Gasteiger charge is 2.34. The van der Waals surface area contributed by atoms with Crippen LogP contribution in [0.3, 0.4) is 0 Å². The van der Waals surface area contributed by atoms with Crippen molar-refractivity contribution in [2.75, 3.05) is 6.61 Å². The SMILES string of the molecule is CCOC(=O)CCCCCCC1C(=O)CCC1/C=C/c1ccc(Cl)c(C(F)(F)F)c1. The lowest BCUT2D eigenvalue weighted by molar-refractivity contribution is -0.143. The third-order valence-corrected chi connectivity index (χ3v) is 5.77. The summed E-state index contributed by atoms with van der Waals surface area (Å²) in [6.07, 6.45) is 4.95. The molecule has 1 fully saturated rings. The number of allylic oxidation sites excluding steroid dienone is 1. The van der Waals surface area contributed by atoms with E-state index in [0.29, 0.717) is 25.0 Å². The zero-order valence-corrected chi connectivity index (χ0v) is 17.9. The molecule has 7 heteroatoms. The number of ether oxygens (including phenoxy) is 1. The molecule has 2 atom stereocenters. The average Bonchev–Trinajstić information content (AvgIpc) is 3.03. The van der Waals surface area contributed by atoms with Crippen LogP contribution in [0.25, 0.3) is 6.08 Å². The third-order valence-electron chi connectivity index (χ3n) is 5.44. The molecular formula is C23H28ClF3O3. The molecule has 0 amide bonds. The van der Waals surface area contributed by atoms with Gasteiger partial charge in [-0.3, -0.25) is 9.59 Å². The number of ketones is 1. The Kier molecular flexibility index (Phi) is 9.40. The average molecular weight is 445 g/mol. The van der Waals surface area contributed by atoms with Crippen LogP contribution in [-0.4, -0.2) is 18.4 Å². The number of benzene rings is 1. The summed E-state index contributed by atoms with van der Waals surface area (Å²) >= 11 is 5.66. The second-order valence-electron chi connectivity index (χ2n) is 7.63. The fourth-order valence-electron chi connectivity index (χ4n) is 3.86. The monoisotopic (exact) mass is 444 g/mol. The van der Waals surface area contributed by atoms with Gasteiger partial charge < -0.3 is 4.74 Å². The first-order chi connectivity index (χ1) is 14.2. The highest BCUT2D eigenvalue weighted by atomic mass is 35.5. The molecule has 0 radical (unpaired) electrons. The van der Waals surface area contributed by atoms with Crippen molar-refractivity contribution >= 4 is 29.4 Å². The molecule has 0 heterocycles. The molecular weight excluding hydrogens is 417 g/mol. The summed E-state index contributed by atoms with van der Waals surface area (Å²) in [5.41, 5.74) is -0.433. The molecule has 0 aliphatic heterocycles. The van der Waals surface area contributed by atoms with Gasteiger partial charge in [0, 0.05) is 18.8 Å². The Morgan fingerprint density at radius 2 is 1.97 bits per heavy atom. The molecule has 2 rings (SSSR count). The number of carbonyl (C=O) groups excluding carboxylic acids is 2. The normalized spacial score (nSPS) is 19.6. The zero-order valence-electron chi connectivity index (χ0n) is 17.1. The van der Waals surface area contributed by atoms with Crippen LogP contribution in [-0.2, 0) is 20.5 Å². The zero-order chi connectivity index (χ0) is 22.1. The largest absolute Gasteiger partial charge is 0.466 e. The number of halogens is 4. The van der Waals surface area contributed by atoms with E-state index in [2.05, 4.69) is 0 Å². The number of rotatable bonds is 10. The topological polar surface area (TPSA) is 43.4 Å². The predicted octanol–water partition coefficient (Wildman–Crippen LogP) is 6.87. The fourth-order valence-corrected chi connectivity index (χ4v) is 4.08. The van der Waals surface area contributed by atoms with Crippen molar-refractivity contribution in [1.29, 1.82) is 0 Å². The van der Waals surface area contributed by atoms with Crippen molar-refractivity contribution in [2.24, 2.45) is 11.8 Å².